The fourth-order valence-electron chi connectivity index (χ4n) is 9.60. The molecule has 4 aromatic carbocycles. The van der Waals surface area contributed by atoms with E-state index in [2.05, 4.69) is 148 Å². The second-order valence-corrected chi connectivity index (χ2v) is 15.9. The van der Waals surface area contributed by atoms with E-state index in [-0.39, 0.29) is 35.4 Å². The lowest BCUT2D eigenvalue weighted by molar-refractivity contribution is -0.401. The maximum absolute atomic E-state index is 14.2. The topological polar surface area (TPSA) is 70.5 Å². The summed E-state index contributed by atoms with van der Waals surface area (Å²) in [7, 11) is 4.24. The van der Waals surface area contributed by atoms with Crippen LogP contribution in [-0.2, 0) is 23.9 Å². The molecule has 8 rings (SSSR count). The summed E-state index contributed by atoms with van der Waals surface area (Å²) in [5, 5.41) is 16.7. The highest BCUT2D eigenvalue weighted by atomic mass is 16.3. The first-order chi connectivity index (χ1) is 25.8. The van der Waals surface area contributed by atoms with Gasteiger partial charge < -0.3 is 10.0 Å². The number of hydrogen-bond acceptors (Lipinski definition) is 4. The Morgan fingerprint density at radius 2 is 1.39 bits per heavy atom. The van der Waals surface area contributed by atoms with E-state index in [1.807, 2.05) is 6.92 Å². The molecule has 54 heavy (non-hydrogen) atoms. The first-order valence-corrected chi connectivity index (χ1v) is 19.1. The number of aromatic nitrogens is 2. The summed E-state index contributed by atoms with van der Waals surface area (Å²) in [6, 6.07) is 25.9. The number of allylic oxidation sites excluding steroid dienone is 8. The normalized spacial score (nSPS) is 19.1. The lowest BCUT2D eigenvalue weighted by Crippen LogP contribution is -2.41. The van der Waals surface area contributed by atoms with Crippen LogP contribution in [0.5, 0.6) is 5.88 Å². The number of benzene rings is 4. The van der Waals surface area contributed by atoms with E-state index in [0.29, 0.717) is 18.4 Å². The minimum atomic E-state index is -0.496. The van der Waals surface area contributed by atoms with Gasteiger partial charge in [0.25, 0.3) is 5.56 Å². The van der Waals surface area contributed by atoms with E-state index < -0.39 is 11.2 Å². The van der Waals surface area contributed by atoms with E-state index in [1.165, 1.54) is 53.2 Å². The fraction of sp³-hybridized carbons (Fsp3) is 0.298. The van der Waals surface area contributed by atoms with Gasteiger partial charge in [-0.15, -0.1) is 0 Å². The first-order valence-electron chi connectivity index (χ1n) is 19.1. The number of anilines is 1. The Bertz CT molecular complexity index is 2710. The van der Waals surface area contributed by atoms with Crippen molar-refractivity contribution in [2.24, 2.45) is 0 Å². The Balaban J connectivity index is 1.30. The van der Waals surface area contributed by atoms with E-state index in [0.717, 1.165) is 22.6 Å². The number of nitrogens with zero attached hydrogens (tertiary/aromatic N) is 4. The van der Waals surface area contributed by atoms with Crippen LogP contribution in [0.4, 0.5) is 11.4 Å². The van der Waals surface area contributed by atoms with Crippen molar-refractivity contribution in [1.82, 2.24) is 9.13 Å². The zero-order valence-corrected chi connectivity index (χ0v) is 32.6. The minimum absolute atomic E-state index is 0.187. The lowest BCUT2D eigenvalue weighted by atomic mass is 9.79. The highest BCUT2D eigenvalue weighted by Crippen LogP contribution is 2.51. The Hall–Kier alpha value is -5.69. The first kappa shape index (κ1) is 35.3. The molecule has 2 aliphatic heterocycles. The predicted molar refractivity (Wildman–Crippen MR) is 223 cm³/mol. The summed E-state index contributed by atoms with van der Waals surface area (Å²) in [6.07, 6.45) is 10.0. The van der Waals surface area contributed by atoms with E-state index in [9.17, 15) is 14.7 Å². The standard InChI is InChI=1S/C47H48N4O3/c1-9-50-43(52)40(44(53)51(10-2)45(50)54)39-31(23-27-37-46(3,4)41-33-17-13-11-15-29(33)21-25-35(41)48(37)7)19-20-32(39)24-28-38-47(5,6)42-34-18-14-12-16-30(34)22-26-36(42)49(38)8/h11-18,21-28H,9-10,19-20H2,1-8H3/p+1. The molecule has 0 unspecified atom stereocenters. The molecule has 0 fully saturated rings. The molecular formula is C47H49N4O3+. The zero-order valence-electron chi connectivity index (χ0n) is 32.6. The summed E-state index contributed by atoms with van der Waals surface area (Å²) < 4.78 is 4.82. The Morgan fingerprint density at radius 1 is 0.759 bits per heavy atom. The van der Waals surface area contributed by atoms with Gasteiger partial charge in [-0.25, -0.2) is 4.79 Å². The molecule has 0 radical (unpaired) electrons. The van der Waals surface area contributed by atoms with Crippen molar-refractivity contribution in [3.8, 4) is 5.88 Å². The van der Waals surface area contributed by atoms with Crippen LogP contribution in [0.25, 0.3) is 27.1 Å². The summed E-state index contributed by atoms with van der Waals surface area (Å²) >= 11 is 0. The average molecular weight is 718 g/mol. The predicted octanol–water partition coefficient (Wildman–Crippen LogP) is 9.11. The van der Waals surface area contributed by atoms with Crippen molar-refractivity contribution in [1.29, 1.82) is 0 Å². The van der Waals surface area contributed by atoms with Crippen LogP contribution in [0.1, 0.15) is 71.1 Å². The Kier molecular flexibility index (Phi) is 8.33. The molecule has 0 atom stereocenters. The third-order valence-corrected chi connectivity index (χ3v) is 12.3. The van der Waals surface area contributed by atoms with Gasteiger partial charge in [-0.2, -0.15) is 4.58 Å². The van der Waals surface area contributed by atoms with Crippen LogP contribution >= 0.6 is 0 Å². The molecular weight excluding hydrogens is 669 g/mol. The molecule has 1 N–H and O–H groups in total. The van der Waals surface area contributed by atoms with Crippen molar-refractivity contribution in [2.45, 2.75) is 78.3 Å². The lowest BCUT2D eigenvalue weighted by Gasteiger charge is -2.24. The molecule has 7 heteroatoms. The van der Waals surface area contributed by atoms with Gasteiger partial charge in [0.1, 0.15) is 12.6 Å². The highest BCUT2D eigenvalue weighted by molar-refractivity contribution is 6.08. The average Bonchev–Trinajstić information content (AvgIpc) is 3.70. The quantitative estimate of drug-likeness (QED) is 0.178. The van der Waals surface area contributed by atoms with Gasteiger partial charge >= 0.3 is 5.69 Å². The van der Waals surface area contributed by atoms with E-state index >= 15 is 0 Å². The van der Waals surface area contributed by atoms with Crippen LogP contribution < -0.4 is 16.1 Å². The number of fused-ring (bicyclic) bond motifs is 6. The monoisotopic (exact) mass is 717 g/mol. The highest BCUT2D eigenvalue weighted by Gasteiger charge is 2.44. The molecule has 1 aliphatic carbocycles. The van der Waals surface area contributed by atoms with Gasteiger partial charge in [-0.1, -0.05) is 80.6 Å². The summed E-state index contributed by atoms with van der Waals surface area (Å²) in [5.41, 5.74) is 8.54. The molecule has 0 amide bonds. The van der Waals surface area contributed by atoms with Gasteiger partial charge in [0, 0.05) is 54.6 Å². The summed E-state index contributed by atoms with van der Waals surface area (Å²) in [6.45, 7) is 13.1. The fourth-order valence-corrected chi connectivity index (χ4v) is 9.60. The third-order valence-electron chi connectivity index (χ3n) is 12.3. The smallest absolute Gasteiger partial charge is 0.333 e. The number of rotatable bonds is 6. The van der Waals surface area contributed by atoms with Crippen molar-refractivity contribution in [2.75, 3.05) is 19.0 Å². The van der Waals surface area contributed by atoms with Crippen molar-refractivity contribution in [3.05, 3.63) is 151 Å². The molecule has 0 saturated carbocycles. The molecule has 5 aromatic rings. The molecule has 1 aromatic heterocycles. The van der Waals surface area contributed by atoms with Gasteiger partial charge in [0.15, 0.2) is 5.71 Å². The molecule has 0 spiro atoms. The second-order valence-electron chi connectivity index (χ2n) is 15.9. The van der Waals surface area contributed by atoms with Gasteiger partial charge in [-0.05, 0) is 103 Å². The number of likely N-dealkylation sites (N-methyl/N-ethyl adjacent to an activating group) is 1. The van der Waals surface area contributed by atoms with E-state index in [4.69, 9.17) is 0 Å². The van der Waals surface area contributed by atoms with Crippen molar-refractivity contribution in [3.63, 3.8) is 0 Å². The van der Waals surface area contributed by atoms with E-state index in [1.54, 1.807) is 6.92 Å². The second kappa shape index (κ2) is 12.7. The Morgan fingerprint density at radius 3 is 2.06 bits per heavy atom. The van der Waals surface area contributed by atoms with Gasteiger partial charge in [-0.3, -0.25) is 13.9 Å². The Labute approximate surface area is 316 Å². The maximum atomic E-state index is 14.2. The van der Waals surface area contributed by atoms with Crippen LogP contribution in [0.15, 0.2) is 124 Å². The number of aromatic hydroxyl groups is 1. The van der Waals surface area contributed by atoms with Crippen molar-refractivity contribution >= 4 is 44.2 Å². The largest absolute Gasteiger partial charge is 0.494 e. The van der Waals surface area contributed by atoms with Gasteiger partial charge in [0.2, 0.25) is 11.6 Å². The molecule has 0 bridgehead atoms. The molecule has 274 valence electrons. The van der Waals surface area contributed by atoms with Crippen LogP contribution in [0, 0.1) is 0 Å². The molecule has 7 nitrogen and oxygen atoms in total. The van der Waals surface area contributed by atoms with Crippen molar-refractivity contribution < 1.29 is 9.68 Å². The number of hydrogen-bond donors (Lipinski definition) is 1. The van der Waals surface area contributed by atoms with Crippen LogP contribution in [-0.4, -0.2) is 38.6 Å². The molecule has 3 aliphatic rings. The third kappa shape index (κ3) is 5.04. The summed E-state index contributed by atoms with van der Waals surface area (Å²) in [4.78, 5) is 29.8. The molecule has 0 saturated heterocycles. The SMILES string of the molecule is CCn1c(O)c(C2=C(C=CC3=[N+](C)c4ccc5ccccc5c4C3(C)C)CCC2=CC=C2N(C)c3ccc4ccccc4c3C2(C)C)c(=O)n(CC)c1=O. The van der Waals surface area contributed by atoms with Crippen LogP contribution in [0.3, 0.4) is 0 Å². The zero-order chi connectivity index (χ0) is 38.3. The minimum Gasteiger partial charge on any atom is -0.494 e. The molecule has 3 heterocycles. The van der Waals surface area contributed by atoms with Crippen LogP contribution in [0.2, 0.25) is 0 Å². The summed E-state index contributed by atoms with van der Waals surface area (Å²) in [5.74, 6) is -0.277. The maximum Gasteiger partial charge on any atom is 0.333 e. The van der Waals surface area contributed by atoms with Gasteiger partial charge in [0.05, 0.1) is 5.41 Å².